The minimum Gasteiger partial charge on any atom is -0.623 e. The molecule has 0 aliphatic heterocycles. The lowest BCUT2D eigenvalue weighted by atomic mass is 10.1. The second kappa shape index (κ2) is 4.57. The van der Waals surface area contributed by atoms with Crippen LogP contribution < -0.4 is 0 Å². The molecule has 0 saturated carbocycles. The zero-order valence-corrected chi connectivity index (χ0v) is 11.8. The van der Waals surface area contributed by atoms with Gasteiger partial charge in [-0.1, -0.05) is 0 Å². The van der Waals surface area contributed by atoms with Gasteiger partial charge in [-0.2, -0.15) is 0 Å². The number of hydroxylamine groups is 1. The molecule has 0 fully saturated rings. The van der Waals surface area contributed by atoms with E-state index in [0.29, 0.717) is 5.69 Å². The van der Waals surface area contributed by atoms with Crippen molar-refractivity contribution in [1.82, 2.24) is 9.97 Å². The molecule has 0 spiro atoms. The fraction of sp³-hybridized carbons (Fsp3) is 0.385. The molecule has 4 nitrogen and oxygen atoms in total. The van der Waals surface area contributed by atoms with Gasteiger partial charge in [0.05, 0.1) is 4.88 Å². The normalized spacial score (nSPS) is 13.0. The van der Waals surface area contributed by atoms with Crippen LogP contribution in [-0.4, -0.2) is 26.5 Å². The number of aromatic nitrogens is 2. The minimum atomic E-state index is -0.446. The van der Waals surface area contributed by atoms with Crippen molar-refractivity contribution < 1.29 is 4.74 Å². The second-order valence-corrected chi connectivity index (χ2v) is 6.50. The maximum atomic E-state index is 11.8. The third-order valence-corrected chi connectivity index (χ3v) is 3.49. The maximum Gasteiger partial charge on any atom is 0.202 e. The lowest BCUT2D eigenvalue weighted by molar-refractivity contribution is -0.530. The maximum absolute atomic E-state index is 11.8. The van der Waals surface area contributed by atoms with Crippen LogP contribution in [-0.2, 0) is 0 Å². The molecule has 5 heteroatoms. The Bertz CT molecular complexity index is 575. The second-order valence-electron chi connectivity index (χ2n) is 5.21. The van der Waals surface area contributed by atoms with Gasteiger partial charge in [-0.3, -0.25) is 0 Å². The third-order valence-electron chi connectivity index (χ3n) is 2.48. The number of hydrogen-bond acceptors (Lipinski definition) is 3. The van der Waals surface area contributed by atoms with Crippen LogP contribution in [0, 0.1) is 12.1 Å². The Morgan fingerprint density at radius 3 is 2.67 bits per heavy atom. The fourth-order valence-corrected chi connectivity index (χ4v) is 2.22. The van der Waals surface area contributed by atoms with E-state index < -0.39 is 5.54 Å². The number of nitrogens with one attached hydrogen (secondary N) is 1. The van der Waals surface area contributed by atoms with Crippen molar-refractivity contribution in [2.75, 3.05) is 0 Å². The molecule has 0 aromatic carbocycles. The predicted molar refractivity (Wildman–Crippen MR) is 75.2 cm³/mol. The van der Waals surface area contributed by atoms with Gasteiger partial charge in [-0.05, 0) is 19.1 Å². The molecule has 0 atom stereocenters. The van der Waals surface area contributed by atoms with Crippen molar-refractivity contribution in [1.29, 1.82) is 0 Å². The molecular weight excluding hydrogens is 246 g/mol. The van der Waals surface area contributed by atoms with Crippen LogP contribution in [0.25, 0.3) is 10.7 Å². The third kappa shape index (κ3) is 2.79. The van der Waals surface area contributed by atoms with E-state index in [-0.39, 0.29) is 0 Å². The lowest BCUT2D eigenvalue weighted by Gasteiger charge is -2.17. The molecule has 1 N–H and O–H groups in total. The Morgan fingerprint density at radius 2 is 2.11 bits per heavy atom. The first-order valence-electron chi connectivity index (χ1n) is 5.80. The van der Waals surface area contributed by atoms with Crippen molar-refractivity contribution in [3.63, 3.8) is 0 Å². The highest BCUT2D eigenvalue weighted by atomic mass is 32.1. The van der Waals surface area contributed by atoms with E-state index in [1.165, 1.54) is 11.1 Å². The SMILES string of the molecule is Cc1ccc(-c2nc(/C=[N+](\[O-])C(C)(C)C)c[nH]2)s1. The van der Waals surface area contributed by atoms with Gasteiger partial charge in [-0.15, -0.1) is 11.3 Å². The van der Waals surface area contributed by atoms with Crippen molar-refractivity contribution in [3.8, 4) is 10.7 Å². The molecule has 0 radical (unpaired) electrons. The van der Waals surface area contributed by atoms with Crippen LogP contribution >= 0.6 is 11.3 Å². The fourth-order valence-electron chi connectivity index (χ4n) is 1.40. The first-order chi connectivity index (χ1) is 8.36. The van der Waals surface area contributed by atoms with Crippen molar-refractivity contribution in [3.05, 3.63) is 34.1 Å². The lowest BCUT2D eigenvalue weighted by Crippen LogP contribution is -2.29. The average Bonchev–Trinajstić information content (AvgIpc) is 2.85. The van der Waals surface area contributed by atoms with E-state index in [0.717, 1.165) is 15.4 Å². The molecule has 96 valence electrons. The number of rotatable bonds is 2. The highest BCUT2D eigenvalue weighted by molar-refractivity contribution is 7.15. The number of hydrogen-bond donors (Lipinski definition) is 1. The summed E-state index contributed by atoms with van der Waals surface area (Å²) >= 11 is 1.68. The summed E-state index contributed by atoms with van der Waals surface area (Å²) < 4.78 is 0.923. The van der Waals surface area contributed by atoms with Gasteiger partial charge >= 0.3 is 0 Å². The summed E-state index contributed by atoms with van der Waals surface area (Å²) in [5.74, 6) is 0.807. The van der Waals surface area contributed by atoms with Crippen LogP contribution in [0.2, 0.25) is 0 Å². The summed E-state index contributed by atoms with van der Waals surface area (Å²) in [5, 5.41) is 11.8. The van der Waals surface area contributed by atoms with Gasteiger partial charge < -0.3 is 10.2 Å². The highest BCUT2D eigenvalue weighted by Crippen LogP contribution is 2.24. The van der Waals surface area contributed by atoms with E-state index in [2.05, 4.69) is 23.0 Å². The van der Waals surface area contributed by atoms with Crippen LogP contribution in [0.1, 0.15) is 31.3 Å². The highest BCUT2D eigenvalue weighted by Gasteiger charge is 2.18. The monoisotopic (exact) mass is 263 g/mol. The van der Waals surface area contributed by atoms with Crippen molar-refractivity contribution >= 4 is 17.6 Å². The van der Waals surface area contributed by atoms with Crippen molar-refractivity contribution in [2.45, 2.75) is 33.2 Å². The molecule has 18 heavy (non-hydrogen) atoms. The average molecular weight is 263 g/mol. The Morgan fingerprint density at radius 1 is 1.39 bits per heavy atom. The molecular formula is C13H17N3OS. The van der Waals surface area contributed by atoms with E-state index in [4.69, 9.17) is 0 Å². The molecule has 0 aliphatic carbocycles. The van der Waals surface area contributed by atoms with Crippen LogP contribution in [0.4, 0.5) is 0 Å². The molecule has 2 heterocycles. The van der Waals surface area contributed by atoms with Gasteiger partial charge in [0.2, 0.25) is 6.21 Å². The standard InChI is InChI=1S/C13H17N3OS/c1-9-5-6-11(18-9)12-14-7-10(15-12)8-16(17)13(2,3)4/h5-8H,1-4H3,(H,14,15)/b16-8-. The first-order valence-corrected chi connectivity index (χ1v) is 6.61. The van der Waals surface area contributed by atoms with E-state index >= 15 is 0 Å². The number of nitrogens with zero attached hydrogens (tertiary/aromatic N) is 2. The largest absolute Gasteiger partial charge is 0.623 e. The smallest absolute Gasteiger partial charge is 0.202 e. The van der Waals surface area contributed by atoms with E-state index in [9.17, 15) is 5.21 Å². The van der Waals surface area contributed by atoms with Gasteiger partial charge in [0.1, 0.15) is 11.5 Å². The van der Waals surface area contributed by atoms with Crippen LogP contribution in [0.3, 0.4) is 0 Å². The predicted octanol–water partition coefficient (Wildman–Crippen LogP) is 3.17. The quantitative estimate of drug-likeness (QED) is 0.391. The molecule has 0 unspecified atom stereocenters. The Balaban J connectivity index is 2.26. The number of thiophene rings is 1. The zero-order valence-electron chi connectivity index (χ0n) is 11.0. The molecule has 2 rings (SSSR count). The number of H-pyrrole nitrogens is 1. The summed E-state index contributed by atoms with van der Waals surface area (Å²) in [6.45, 7) is 7.66. The summed E-state index contributed by atoms with van der Waals surface area (Å²) in [6, 6.07) is 4.09. The number of aryl methyl sites for hydroxylation is 1. The number of imidazole rings is 1. The van der Waals surface area contributed by atoms with Gasteiger partial charge in [0, 0.05) is 31.8 Å². The van der Waals surface area contributed by atoms with Gasteiger partial charge in [0.25, 0.3) is 0 Å². The Kier molecular flexibility index (Phi) is 3.26. The molecule has 0 bridgehead atoms. The molecule has 0 aliphatic rings. The summed E-state index contributed by atoms with van der Waals surface area (Å²) in [7, 11) is 0. The molecule has 2 aromatic heterocycles. The van der Waals surface area contributed by atoms with Gasteiger partial charge in [0.15, 0.2) is 5.54 Å². The first kappa shape index (κ1) is 12.8. The Labute approximate surface area is 111 Å². The van der Waals surface area contributed by atoms with Crippen molar-refractivity contribution in [2.24, 2.45) is 0 Å². The minimum absolute atomic E-state index is 0.446. The zero-order chi connectivity index (χ0) is 13.3. The molecule has 0 saturated heterocycles. The van der Waals surface area contributed by atoms with E-state index in [1.807, 2.05) is 26.8 Å². The summed E-state index contributed by atoms with van der Waals surface area (Å²) in [5.41, 5.74) is 0.208. The Hall–Kier alpha value is -1.62. The summed E-state index contributed by atoms with van der Waals surface area (Å²) in [6.07, 6.45) is 3.27. The van der Waals surface area contributed by atoms with Crippen LogP contribution in [0.5, 0.6) is 0 Å². The van der Waals surface area contributed by atoms with Crippen LogP contribution in [0.15, 0.2) is 18.3 Å². The van der Waals surface area contributed by atoms with Gasteiger partial charge in [-0.25, -0.2) is 9.72 Å². The van der Waals surface area contributed by atoms with E-state index in [1.54, 1.807) is 17.5 Å². The number of aromatic amines is 1. The summed E-state index contributed by atoms with van der Waals surface area (Å²) in [4.78, 5) is 9.83. The molecule has 2 aromatic rings. The topological polar surface area (TPSA) is 54.8 Å². The molecule has 0 amide bonds.